The SMILES string of the molecule is CC1CCN(S(=O)(=O)c2ccc3[nH]c(Nc4cc(Cl)ccc4O)nc3c2)CC1. The van der Waals surface area contributed by atoms with Gasteiger partial charge in [-0.15, -0.1) is 0 Å². The molecule has 148 valence electrons. The Labute approximate surface area is 168 Å². The summed E-state index contributed by atoms with van der Waals surface area (Å²) < 4.78 is 27.4. The van der Waals surface area contributed by atoms with Crippen LogP contribution in [0.4, 0.5) is 11.6 Å². The van der Waals surface area contributed by atoms with Crippen molar-refractivity contribution in [1.29, 1.82) is 0 Å². The number of halogens is 1. The number of imidazole rings is 1. The molecule has 1 fully saturated rings. The third-order valence-corrected chi connectivity index (χ3v) is 7.18. The van der Waals surface area contributed by atoms with E-state index in [1.54, 1.807) is 34.6 Å². The molecule has 28 heavy (non-hydrogen) atoms. The highest BCUT2D eigenvalue weighted by Crippen LogP contribution is 2.30. The van der Waals surface area contributed by atoms with Gasteiger partial charge in [0, 0.05) is 18.1 Å². The van der Waals surface area contributed by atoms with E-state index in [-0.39, 0.29) is 10.6 Å². The van der Waals surface area contributed by atoms with Gasteiger partial charge in [0.2, 0.25) is 16.0 Å². The number of aromatic nitrogens is 2. The molecule has 0 spiro atoms. The number of hydrogen-bond donors (Lipinski definition) is 3. The minimum Gasteiger partial charge on any atom is -0.506 e. The van der Waals surface area contributed by atoms with Crippen LogP contribution in [0.5, 0.6) is 5.75 Å². The smallest absolute Gasteiger partial charge is 0.243 e. The van der Waals surface area contributed by atoms with Crippen molar-refractivity contribution in [3.05, 3.63) is 41.4 Å². The van der Waals surface area contributed by atoms with Gasteiger partial charge in [-0.1, -0.05) is 18.5 Å². The third kappa shape index (κ3) is 3.67. The number of hydrogen-bond acceptors (Lipinski definition) is 5. The largest absolute Gasteiger partial charge is 0.506 e. The summed E-state index contributed by atoms with van der Waals surface area (Å²) in [7, 11) is -3.54. The van der Waals surface area contributed by atoms with Gasteiger partial charge in [0.1, 0.15) is 5.75 Å². The first kappa shape index (κ1) is 19.0. The van der Waals surface area contributed by atoms with Crippen molar-refractivity contribution in [1.82, 2.24) is 14.3 Å². The molecule has 9 heteroatoms. The molecular formula is C19H21ClN4O3S. The lowest BCUT2D eigenvalue weighted by Crippen LogP contribution is -2.37. The molecule has 4 rings (SSSR count). The fraction of sp³-hybridized carbons (Fsp3) is 0.316. The molecular weight excluding hydrogens is 400 g/mol. The van der Waals surface area contributed by atoms with E-state index in [1.807, 2.05) is 0 Å². The average molecular weight is 421 g/mol. The van der Waals surface area contributed by atoms with E-state index in [0.29, 0.717) is 46.7 Å². The molecule has 3 N–H and O–H groups in total. The fourth-order valence-corrected chi connectivity index (χ4v) is 4.98. The number of anilines is 2. The van der Waals surface area contributed by atoms with Crippen molar-refractivity contribution < 1.29 is 13.5 Å². The number of benzene rings is 2. The number of H-pyrrole nitrogens is 1. The van der Waals surface area contributed by atoms with Crippen LogP contribution in [0.3, 0.4) is 0 Å². The van der Waals surface area contributed by atoms with Gasteiger partial charge in [-0.05, 0) is 55.2 Å². The topological polar surface area (TPSA) is 98.3 Å². The summed E-state index contributed by atoms with van der Waals surface area (Å²) in [5.74, 6) is 0.971. The zero-order valence-corrected chi connectivity index (χ0v) is 16.9. The number of phenols is 1. The number of fused-ring (bicyclic) bond motifs is 1. The van der Waals surface area contributed by atoms with Crippen LogP contribution in [0.2, 0.25) is 5.02 Å². The molecule has 0 atom stereocenters. The molecule has 1 aliphatic heterocycles. The van der Waals surface area contributed by atoms with Gasteiger partial charge >= 0.3 is 0 Å². The summed E-state index contributed by atoms with van der Waals surface area (Å²) in [6.07, 6.45) is 1.75. The van der Waals surface area contributed by atoms with Crippen molar-refractivity contribution in [2.75, 3.05) is 18.4 Å². The van der Waals surface area contributed by atoms with Crippen LogP contribution in [0.1, 0.15) is 19.8 Å². The van der Waals surface area contributed by atoms with Crippen LogP contribution >= 0.6 is 11.6 Å². The second-order valence-electron chi connectivity index (χ2n) is 7.14. The van der Waals surface area contributed by atoms with Gasteiger partial charge in [-0.2, -0.15) is 4.31 Å². The minimum absolute atomic E-state index is 0.0347. The van der Waals surface area contributed by atoms with E-state index in [2.05, 4.69) is 22.2 Å². The highest BCUT2D eigenvalue weighted by Gasteiger charge is 2.28. The normalized spacial score (nSPS) is 16.5. The number of aromatic hydroxyl groups is 1. The Morgan fingerprint density at radius 2 is 1.96 bits per heavy atom. The molecule has 0 amide bonds. The molecule has 0 saturated carbocycles. The Hall–Kier alpha value is -2.29. The molecule has 3 aromatic rings. The van der Waals surface area contributed by atoms with Crippen LogP contribution in [0.15, 0.2) is 41.3 Å². The molecule has 7 nitrogen and oxygen atoms in total. The maximum atomic E-state index is 12.9. The molecule has 0 aliphatic carbocycles. The summed E-state index contributed by atoms with van der Waals surface area (Å²) >= 11 is 5.96. The summed E-state index contributed by atoms with van der Waals surface area (Å²) in [4.78, 5) is 7.71. The van der Waals surface area contributed by atoms with Gasteiger partial charge in [-0.3, -0.25) is 0 Å². The highest BCUT2D eigenvalue weighted by molar-refractivity contribution is 7.89. The summed E-state index contributed by atoms with van der Waals surface area (Å²) in [5.41, 5.74) is 1.62. The van der Waals surface area contributed by atoms with Gasteiger partial charge in [-0.25, -0.2) is 13.4 Å². The highest BCUT2D eigenvalue weighted by atomic mass is 35.5. The number of phenolic OH excluding ortho intramolecular Hbond substituents is 1. The van der Waals surface area contributed by atoms with E-state index in [4.69, 9.17) is 11.6 Å². The van der Waals surface area contributed by atoms with E-state index < -0.39 is 10.0 Å². The summed E-state index contributed by atoms with van der Waals surface area (Å²) in [6, 6.07) is 9.51. The van der Waals surface area contributed by atoms with Crippen molar-refractivity contribution in [3.63, 3.8) is 0 Å². The standard InChI is InChI=1S/C19H21ClN4O3S/c1-12-6-8-24(9-7-12)28(26,27)14-3-4-15-16(11-14)22-19(21-15)23-17-10-13(20)2-5-18(17)25/h2-5,10-12,25H,6-9H2,1H3,(H2,21,22,23). The van der Waals surface area contributed by atoms with Gasteiger partial charge < -0.3 is 15.4 Å². The number of sulfonamides is 1. The lowest BCUT2D eigenvalue weighted by atomic mass is 10.0. The van der Waals surface area contributed by atoms with Crippen LogP contribution in [-0.2, 0) is 10.0 Å². The Morgan fingerprint density at radius 1 is 1.21 bits per heavy atom. The lowest BCUT2D eigenvalue weighted by Gasteiger charge is -2.29. The van der Waals surface area contributed by atoms with E-state index in [0.717, 1.165) is 12.8 Å². The Balaban J connectivity index is 1.62. The minimum atomic E-state index is -3.54. The molecule has 0 bridgehead atoms. The number of nitrogens with one attached hydrogen (secondary N) is 2. The second-order valence-corrected chi connectivity index (χ2v) is 9.51. The van der Waals surface area contributed by atoms with E-state index in [9.17, 15) is 13.5 Å². The third-order valence-electron chi connectivity index (χ3n) is 5.05. The van der Waals surface area contributed by atoms with Gasteiger partial charge in [0.15, 0.2) is 0 Å². The number of aromatic amines is 1. The van der Waals surface area contributed by atoms with Gasteiger partial charge in [0.05, 0.1) is 21.6 Å². The first-order chi connectivity index (χ1) is 13.3. The fourth-order valence-electron chi connectivity index (χ4n) is 3.32. The van der Waals surface area contributed by atoms with Crippen LogP contribution in [0.25, 0.3) is 11.0 Å². The first-order valence-electron chi connectivity index (χ1n) is 9.08. The van der Waals surface area contributed by atoms with Crippen molar-refractivity contribution >= 4 is 44.3 Å². The van der Waals surface area contributed by atoms with Crippen LogP contribution < -0.4 is 5.32 Å². The number of rotatable bonds is 4. The molecule has 2 aromatic carbocycles. The van der Waals surface area contributed by atoms with Gasteiger partial charge in [0.25, 0.3) is 0 Å². The lowest BCUT2D eigenvalue weighted by molar-refractivity contribution is 0.288. The number of nitrogens with zero attached hydrogens (tertiary/aromatic N) is 2. The van der Waals surface area contributed by atoms with Crippen molar-refractivity contribution in [2.24, 2.45) is 5.92 Å². The predicted molar refractivity (Wildman–Crippen MR) is 110 cm³/mol. The average Bonchev–Trinajstić information content (AvgIpc) is 3.06. The first-order valence-corrected chi connectivity index (χ1v) is 10.9. The van der Waals surface area contributed by atoms with Crippen molar-refractivity contribution in [3.8, 4) is 5.75 Å². The maximum absolute atomic E-state index is 12.9. The van der Waals surface area contributed by atoms with Crippen molar-refractivity contribution in [2.45, 2.75) is 24.7 Å². The maximum Gasteiger partial charge on any atom is 0.243 e. The Bertz CT molecular complexity index is 1120. The predicted octanol–water partition coefficient (Wildman–Crippen LogP) is 4.09. The van der Waals surface area contributed by atoms with E-state index >= 15 is 0 Å². The zero-order chi connectivity index (χ0) is 19.9. The molecule has 0 radical (unpaired) electrons. The second kappa shape index (κ2) is 7.27. The monoisotopic (exact) mass is 420 g/mol. The summed E-state index contributed by atoms with van der Waals surface area (Å²) in [5, 5.41) is 13.4. The molecule has 2 heterocycles. The number of piperidine rings is 1. The molecule has 1 aliphatic rings. The zero-order valence-electron chi connectivity index (χ0n) is 15.3. The Morgan fingerprint density at radius 3 is 2.71 bits per heavy atom. The van der Waals surface area contributed by atoms with Crippen LogP contribution in [0, 0.1) is 5.92 Å². The van der Waals surface area contributed by atoms with E-state index in [1.165, 1.54) is 6.07 Å². The van der Waals surface area contributed by atoms with Crippen LogP contribution in [-0.4, -0.2) is 40.9 Å². The Kier molecular flexibility index (Phi) is 4.95. The molecule has 1 aromatic heterocycles. The molecule has 1 saturated heterocycles. The molecule has 0 unspecified atom stereocenters. The summed E-state index contributed by atoms with van der Waals surface area (Å²) in [6.45, 7) is 3.23. The quantitative estimate of drug-likeness (QED) is 0.552.